The van der Waals surface area contributed by atoms with Crippen molar-refractivity contribution >= 4 is 8.25 Å². The molecule has 1 aliphatic carbocycles. The van der Waals surface area contributed by atoms with Crippen molar-refractivity contribution in [2.75, 3.05) is 13.2 Å². The summed E-state index contributed by atoms with van der Waals surface area (Å²) in [6, 6.07) is 13.5. The van der Waals surface area contributed by atoms with E-state index in [1.807, 2.05) is 0 Å². The molecule has 0 bridgehead atoms. The molecular formula is C27H37F2NO3P+. The lowest BCUT2D eigenvalue weighted by Gasteiger charge is -2.38. The maximum Gasteiger partial charge on any atom is 0.694 e. The fourth-order valence-corrected chi connectivity index (χ4v) is 5.46. The van der Waals surface area contributed by atoms with E-state index >= 15 is 0 Å². The van der Waals surface area contributed by atoms with E-state index in [9.17, 15) is 13.3 Å². The van der Waals surface area contributed by atoms with Gasteiger partial charge in [0.1, 0.15) is 18.2 Å². The zero-order valence-electron chi connectivity index (χ0n) is 19.9. The summed E-state index contributed by atoms with van der Waals surface area (Å²) in [4.78, 5) is 8.56. The molecule has 1 unspecified atom stereocenters. The highest BCUT2D eigenvalue weighted by molar-refractivity contribution is 7.32. The molecule has 7 heteroatoms. The molecule has 2 aromatic carbocycles. The first-order valence-electron chi connectivity index (χ1n) is 12.5. The van der Waals surface area contributed by atoms with Crippen LogP contribution in [0.15, 0.2) is 42.5 Å². The molecule has 0 amide bonds. The maximum atomic E-state index is 14.6. The summed E-state index contributed by atoms with van der Waals surface area (Å²) in [7, 11) is -2.59. The second-order valence-electron chi connectivity index (χ2n) is 9.40. The van der Waals surface area contributed by atoms with Gasteiger partial charge in [-0.25, -0.2) is 8.78 Å². The molecular weight excluding hydrogens is 455 g/mol. The van der Waals surface area contributed by atoms with Crippen LogP contribution in [0.1, 0.15) is 80.9 Å². The van der Waals surface area contributed by atoms with Crippen molar-refractivity contribution in [3.63, 3.8) is 0 Å². The van der Waals surface area contributed by atoms with Crippen LogP contribution >= 0.6 is 8.25 Å². The highest BCUT2D eigenvalue weighted by Gasteiger charge is 2.32. The minimum atomic E-state index is -2.59. The lowest BCUT2D eigenvalue weighted by atomic mass is 9.66. The summed E-state index contributed by atoms with van der Waals surface area (Å²) in [5.74, 6) is -0.754. The topological polar surface area (TPSA) is 58.6 Å². The number of unbranched alkanes of at least 4 members (excludes halogenated alkanes) is 2. The smallest absolute Gasteiger partial charge is 0.312 e. The van der Waals surface area contributed by atoms with Gasteiger partial charge in [0.2, 0.25) is 0 Å². The highest BCUT2D eigenvalue weighted by Crippen LogP contribution is 2.43. The van der Waals surface area contributed by atoms with Gasteiger partial charge in [-0.15, -0.1) is 9.42 Å². The second kappa shape index (κ2) is 14.0. The van der Waals surface area contributed by atoms with Crippen LogP contribution in [0.3, 0.4) is 0 Å². The van der Waals surface area contributed by atoms with E-state index in [4.69, 9.17) is 4.89 Å². The molecule has 186 valence electrons. The van der Waals surface area contributed by atoms with Crippen LogP contribution in [0.25, 0.3) is 0 Å². The van der Waals surface area contributed by atoms with Crippen LogP contribution in [0.4, 0.5) is 8.78 Å². The van der Waals surface area contributed by atoms with Crippen molar-refractivity contribution in [3.8, 4) is 0 Å². The number of benzene rings is 2. The molecule has 0 heterocycles. The van der Waals surface area contributed by atoms with E-state index in [0.29, 0.717) is 24.9 Å². The number of nitrogens with one attached hydrogen (secondary N) is 1. The van der Waals surface area contributed by atoms with Gasteiger partial charge in [0.25, 0.3) is 0 Å². The number of aryl methyl sites for hydroxylation is 1. The summed E-state index contributed by atoms with van der Waals surface area (Å²) < 4.78 is 44.0. The SMILES string of the molecule is O=[P+](O)OCCCNCc1cc(F)c(CCCCCC2(c3ccccc3)CCCCC2)cc1F. The molecule has 1 aliphatic rings. The Morgan fingerprint density at radius 1 is 0.941 bits per heavy atom. The first-order chi connectivity index (χ1) is 16.5. The molecule has 0 saturated heterocycles. The quantitative estimate of drug-likeness (QED) is 0.218. The van der Waals surface area contributed by atoms with Crippen LogP contribution in [0, 0.1) is 11.6 Å². The van der Waals surface area contributed by atoms with Crippen molar-refractivity contribution in [1.82, 2.24) is 5.32 Å². The van der Waals surface area contributed by atoms with E-state index in [-0.39, 0.29) is 29.9 Å². The zero-order chi connectivity index (χ0) is 24.2. The maximum absolute atomic E-state index is 14.6. The van der Waals surface area contributed by atoms with E-state index in [1.54, 1.807) is 0 Å². The van der Waals surface area contributed by atoms with Crippen molar-refractivity contribution in [2.24, 2.45) is 0 Å². The summed E-state index contributed by atoms with van der Waals surface area (Å²) >= 11 is 0. The van der Waals surface area contributed by atoms with Crippen molar-refractivity contribution in [2.45, 2.75) is 82.6 Å². The molecule has 0 spiro atoms. The minimum Gasteiger partial charge on any atom is -0.312 e. The number of halogens is 2. The Morgan fingerprint density at radius 2 is 1.65 bits per heavy atom. The van der Waals surface area contributed by atoms with Gasteiger partial charge in [-0.05, 0) is 73.7 Å². The summed E-state index contributed by atoms with van der Waals surface area (Å²) in [6.45, 7) is 0.827. The van der Waals surface area contributed by atoms with Crippen LogP contribution in [-0.4, -0.2) is 18.0 Å². The third-order valence-electron chi connectivity index (χ3n) is 7.03. The first kappa shape index (κ1) is 26.9. The monoisotopic (exact) mass is 492 g/mol. The molecule has 1 atom stereocenters. The Labute approximate surface area is 203 Å². The van der Waals surface area contributed by atoms with Gasteiger partial charge in [0.05, 0.1) is 0 Å². The standard InChI is InChI=1S/C27H36F2NO3P/c28-25-20-23(21-30-17-10-18-33-34(31)32)26(29)19-22(25)11-4-2-7-14-27(15-8-3-9-16-27)24-12-5-1-6-13-24/h1,5-6,12-13,19-20,30H,2-4,7-11,14-18,21H2/p+1. The summed E-state index contributed by atoms with van der Waals surface area (Å²) in [6.07, 6.45) is 11.6. The molecule has 4 nitrogen and oxygen atoms in total. The third-order valence-corrected chi connectivity index (χ3v) is 7.43. The van der Waals surface area contributed by atoms with Gasteiger partial charge >= 0.3 is 8.25 Å². The lowest BCUT2D eigenvalue weighted by molar-refractivity contribution is 0.265. The van der Waals surface area contributed by atoms with Crippen LogP contribution in [0.5, 0.6) is 0 Å². The van der Waals surface area contributed by atoms with Gasteiger partial charge < -0.3 is 5.32 Å². The molecule has 0 aliphatic heterocycles. The van der Waals surface area contributed by atoms with E-state index in [1.165, 1.54) is 49.8 Å². The molecule has 2 N–H and O–H groups in total. The minimum absolute atomic E-state index is 0.140. The van der Waals surface area contributed by atoms with Crippen molar-refractivity contribution < 1.29 is 22.8 Å². The fraction of sp³-hybridized carbons (Fsp3) is 0.556. The van der Waals surface area contributed by atoms with Crippen LogP contribution < -0.4 is 5.32 Å². The van der Waals surface area contributed by atoms with Crippen LogP contribution in [-0.2, 0) is 27.5 Å². The molecule has 1 fully saturated rings. The van der Waals surface area contributed by atoms with Gasteiger partial charge in [-0.1, -0.05) is 62.4 Å². The Bertz CT molecular complexity index is 904. The first-order valence-corrected chi connectivity index (χ1v) is 13.7. The Kier molecular flexibility index (Phi) is 11.1. The molecule has 34 heavy (non-hydrogen) atoms. The Balaban J connectivity index is 1.43. The van der Waals surface area contributed by atoms with Gasteiger partial charge in [0, 0.05) is 16.7 Å². The predicted octanol–water partition coefficient (Wildman–Crippen LogP) is 7.12. The zero-order valence-corrected chi connectivity index (χ0v) is 20.8. The number of hydrogen-bond donors (Lipinski definition) is 2. The fourth-order valence-electron chi connectivity index (χ4n) is 5.18. The van der Waals surface area contributed by atoms with Crippen molar-refractivity contribution in [1.29, 1.82) is 0 Å². The van der Waals surface area contributed by atoms with Gasteiger partial charge in [0.15, 0.2) is 0 Å². The molecule has 0 aromatic heterocycles. The van der Waals surface area contributed by atoms with E-state index in [2.05, 4.69) is 40.2 Å². The Hall–Kier alpha value is -1.72. The van der Waals surface area contributed by atoms with Gasteiger partial charge in [-0.3, -0.25) is 0 Å². The number of hydrogen-bond acceptors (Lipinski definition) is 3. The normalized spacial score (nSPS) is 15.9. The Morgan fingerprint density at radius 3 is 2.38 bits per heavy atom. The summed E-state index contributed by atoms with van der Waals surface area (Å²) in [5.41, 5.74) is 2.48. The van der Waals surface area contributed by atoms with E-state index in [0.717, 1.165) is 25.7 Å². The third kappa shape index (κ3) is 8.20. The van der Waals surface area contributed by atoms with Gasteiger partial charge in [-0.2, -0.15) is 0 Å². The summed E-state index contributed by atoms with van der Waals surface area (Å²) in [5, 5.41) is 3.01. The van der Waals surface area contributed by atoms with Crippen molar-refractivity contribution in [3.05, 3.63) is 70.8 Å². The average molecular weight is 493 g/mol. The largest absolute Gasteiger partial charge is 0.694 e. The van der Waals surface area contributed by atoms with E-state index < -0.39 is 14.1 Å². The second-order valence-corrected chi connectivity index (χ2v) is 10.1. The molecule has 3 rings (SSSR count). The average Bonchev–Trinajstić information content (AvgIpc) is 2.84. The lowest BCUT2D eigenvalue weighted by Crippen LogP contribution is -2.29. The molecule has 0 radical (unpaired) electrons. The van der Waals surface area contributed by atoms with Crippen LogP contribution in [0.2, 0.25) is 0 Å². The highest BCUT2D eigenvalue weighted by atomic mass is 31.1. The number of rotatable bonds is 14. The molecule has 2 aromatic rings. The predicted molar refractivity (Wildman–Crippen MR) is 132 cm³/mol. The molecule has 1 saturated carbocycles.